The van der Waals surface area contributed by atoms with Crippen LogP contribution in [0.3, 0.4) is 0 Å². The summed E-state index contributed by atoms with van der Waals surface area (Å²) >= 11 is 0. The van der Waals surface area contributed by atoms with E-state index in [0.717, 1.165) is 25.7 Å². The summed E-state index contributed by atoms with van der Waals surface area (Å²) in [6, 6.07) is 7.03. The number of carbonyl (C=O) groups is 2. The lowest BCUT2D eigenvalue weighted by Gasteiger charge is -2.13. The van der Waals surface area contributed by atoms with Crippen LogP contribution < -0.4 is 0 Å². The Morgan fingerprint density at radius 1 is 1.10 bits per heavy atom. The van der Waals surface area contributed by atoms with Gasteiger partial charge in [0.15, 0.2) is 0 Å². The maximum absolute atomic E-state index is 12.2. The van der Waals surface area contributed by atoms with Crippen LogP contribution in [0.15, 0.2) is 24.3 Å². The highest BCUT2D eigenvalue weighted by atomic mass is 16.6. The van der Waals surface area contributed by atoms with E-state index in [9.17, 15) is 9.59 Å². The Labute approximate surface area is 125 Å². The van der Waals surface area contributed by atoms with Gasteiger partial charge in [0, 0.05) is 6.54 Å². The summed E-state index contributed by atoms with van der Waals surface area (Å²) in [6.45, 7) is 4.77. The zero-order valence-corrected chi connectivity index (χ0v) is 12.6. The molecule has 2 amide bonds. The van der Waals surface area contributed by atoms with Gasteiger partial charge in [0.25, 0.3) is 11.8 Å². The lowest BCUT2D eigenvalue weighted by atomic mass is 9.96. The first-order valence-corrected chi connectivity index (χ1v) is 7.76. The Balaban J connectivity index is 1.56. The van der Waals surface area contributed by atoms with Crippen LogP contribution >= 0.6 is 0 Å². The van der Waals surface area contributed by atoms with Crippen molar-refractivity contribution in [1.29, 1.82) is 0 Å². The fourth-order valence-corrected chi connectivity index (χ4v) is 3.32. The summed E-state index contributed by atoms with van der Waals surface area (Å²) in [6.07, 6.45) is 4.07. The molecule has 4 nitrogen and oxygen atoms in total. The summed E-state index contributed by atoms with van der Waals surface area (Å²) in [7, 11) is 0. The van der Waals surface area contributed by atoms with E-state index in [0.29, 0.717) is 23.8 Å². The van der Waals surface area contributed by atoms with Crippen LogP contribution in [0.5, 0.6) is 0 Å². The fourth-order valence-electron chi connectivity index (χ4n) is 3.32. The van der Waals surface area contributed by atoms with E-state index in [-0.39, 0.29) is 17.4 Å². The first-order valence-electron chi connectivity index (χ1n) is 7.76. The summed E-state index contributed by atoms with van der Waals surface area (Å²) in [5.74, 6) is -0.325. The summed E-state index contributed by atoms with van der Waals surface area (Å²) in [5.41, 5.74) is 1.12. The molecule has 0 spiro atoms. The molecule has 2 heterocycles. The van der Waals surface area contributed by atoms with Gasteiger partial charge in [-0.25, -0.2) is 0 Å². The molecule has 112 valence electrons. The standard InChI is InChI=1S/C17H21NO3/c1-3-17(4-2)14(21-17)10-7-11-18-15(19)12-8-5-6-9-13(12)16(18)20/h5-6,8-9,14H,3-4,7,10-11H2,1-2H3. The van der Waals surface area contributed by atoms with Crippen LogP contribution in [0.2, 0.25) is 0 Å². The molecule has 1 aromatic rings. The van der Waals surface area contributed by atoms with Gasteiger partial charge in [0.2, 0.25) is 0 Å². The van der Waals surface area contributed by atoms with Gasteiger partial charge < -0.3 is 4.74 Å². The molecule has 0 aliphatic carbocycles. The van der Waals surface area contributed by atoms with Crippen molar-refractivity contribution in [2.24, 2.45) is 0 Å². The number of epoxide rings is 1. The first-order chi connectivity index (χ1) is 10.1. The van der Waals surface area contributed by atoms with E-state index in [1.165, 1.54) is 4.90 Å². The highest BCUT2D eigenvalue weighted by molar-refractivity contribution is 6.21. The average molecular weight is 287 g/mol. The highest BCUT2D eigenvalue weighted by Crippen LogP contribution is 2.45. The predicted octanol–water partition coefficient (Wildman–Crippen LogP) is 3.02. The number of fused-ring (bicyclic) bond motifs is 1. The molecule has 21 heavy (non-hydrogen) atoms. The van der Waals surface area contributed by atoms with E-state index in [4.69, 9.17) is 4.74 Å². The van der Waals surface area contributed by atoms with Crippen LogP contribution in [0.1, 0.15) is 60.2 Å². The normalized spacial score (nSPS) is 22.6. The van der Waals surface area contributed by atoms with Gasteiger partial charge in [-0.2, -0.15) is 0 Å². The van der Waals surface area contributed by atoms with Gasteiger partial charge in [-0.15, -0.1) is 0 Å². The average Bonchev–Trinajstić information content (AvgIpc) is 3.18. The Hall–Kier alpha value is -1.68. The van der Waals surface area contributed by atoms with Crippen molar-refractivity contribution in [3.05, 3.63) is 35.4 Å². The number of benzene rings is 1. The van der Waals surface area contributed by atoms with E-state index < -0.39 is 0 Å². The van der Waals surface area contributed by atoms with Crippen LogP contribution in [-0.2, 0) is 4.74 Å². The second-order valence-corrected chi connectivity index (χ2v) is 5.83. The Bertz CT molecular complexity index is 542. The van der Waals surface area contributed by atoms with Crippen molar-refractivity contribution in [3.8, 4) is 0 Å². The third-order valence-corrected chi connectivity index (χ3v) is 4.83. The molecule has 0 N–H and O–H groups in total. The molecule has 1 atom stereocenters. The number of imide groups is 1. The molecule has 2 aliphatic heterocycles. The van der Waals surface area contributed by atoms with Crippen LogP contribution in [0.4, 0.5) is 0 Å². The molecule has 1 fully saturated rings. The minimum atomic E-state index is -0.162. The molecule has 0 radical (unpaired) electrons. The third kappa shape index (κ3) is 2.27. The zero-order chi connectivity index (χ0) is 15.0. The topological polar surface area (TPSA) is 49.9 Å². The third-order valence-electron chi connectivity index (χ3n) is 4.83. The van der Waals surface area contributed by atoms with E-state index in [1.807, 2.05) is 0 Å². The highest BCUT2D eigenvalue weighted by Gasteiger charge is 2.52. The molecule has 1 saturated heterocycles. The largest absolute Gasteiger partial charge is 0.366 e. The molecule has 2 aliphatic rings. The Morgan fingerprint density at radius 2 is 1.67 bits per heavy atom. The molecule has 1 unspecified atom stereocenters. The number of ether oxygens (including phenoxy) is 1. The zero-order valence-electron chi connectivity index (χ0n) is 12.6. The van der Waals surface area contributed by atoms with Crippen LogP contribution in [0, 0.1) is 0 Å². The number of amides is 2. The number of rotatable bonds is 6. The Kier molecular flexibility index (Phi) is 3.57. The summed E-state index contributed by atoms with van der Waals surface area (Å²) in [5, 5.41) is 0. The van der Waals surface area contributed by atoms with Gasteiger partial charge in [-0.3, -0.25) is 14.5 Å². The van der Waals surface area contributed by atoms with Crippen molar-refractivity contribution < 1.29 is 14.3 Å². The van der Waals surface area contributed by atoms with Crippen molar-refractivity contribution in [1.82, 2.24) is 4.90 Å². The van der Waals surface area contributed by atoms with Gasteiger partial charge in [0.05, 0.1) is 22.8 Å². The Morgan fingerprint density at radius 3 is 2.14 bits per heavy atom. The van der Waals surface area contributed by atoms with Gasteiger partial charge in [0.1, 0.15) is 0 Å². The lowest BCUT2D eigenvalue weighted by Crippen LogP contribution is -2.31. The maximum atomic E-state index is 12.2. The number of nitrogens with zero attached hydrogens (tertiary/aromatic N) is 1. The quantitative estimate of drug-likeness (QED) is 0.597. The van der Waals surface area contributed by atoms with Gasteiger partial charge in [-0.1, -0.05) is 26.0 Å². The molecular formula is C17H21NO3. The van der Waals surface area contributed by atoms with E-state index in [2.05, 4.69) is 13.8 Å². The van der Waals surface area contributed by atoms with E-state index >= 15 is 0 Å². The van der Waals surface area contributed by atoms with Crippen molar-refractivity contribution in [3.63, 3.8) is 0 Å². The predicted molar refractivity (Wildman–Crippen MR) is 79.2 cm³/mol. The monoisotopic (exact) mass is 287 g/mol. The number of hydrogen-bond donors (Lipinski definition) is 0. The van der Waals surface area contributed by atoms with Crippen molar-refractivity contribution >= 4 is 11.8 Å². The SMILES string of the molecule is CCC1(CC)OC1CCCN1C(=O)c2ccccc2C1=O. The minimum absolute atomic E-state index is 0.0575. The lowest BCUT2D eigenvalue weighted by molar-refractivity contribution is 0.0650. The molecule has 0 saturated carbocycles. The summed E-state index contributed by atoms with van der Waals surface area (Å²) < 4.78 is 5.79. The molecule has 4 heteroatoms. The minimum Gasteiger partial charge on any atom is -0.366 e. The van der Waals surface area contributed by atoms with Gasteiger partial charge in [-0.05, 0) is 37.8 Å². The van der Waals surface area contributed by atoms with E-state index in [1.54, 1.807) is 24.3 Å². The molecule has 0 bridgehead atoms. The van der Waals surface area contributed by atoms with Crippen LogP contribution in [0.25, 0.3) is 0 Å². The van der Waals surface area contributed by atoms with Crippen molar-refractivity contribution in [2.45, 2.75) is 51.2 Å². The van der Waals surface area contributed by atoms with Crippen molar-refractivity contribution in [2.75, 3.05) is 6.54 Å². The number of hydrogen-bond acceptors (Lipinski definition) is 3. The number of carbonyl (C=O) groups excluding carboxylic acids is 2. The molecule has 1 aromatic carbocycles. The fraction of sp³-hybridized carbons (Fsp3) is 0.529. The maximum Gasteiger partial charge on any atom is 0.261 e. The second-order valence-electron chi connectivity index (χ2n) is 5.83. The summed E-state index contributed by atoms with van der Waals surface area (Å²) in [4.78, 5) is 25.8. The molecular weight excluding hydrogens is 266 g/mol. The smallest absolute Gasteiger partial charge is 0.261 e. The molecule has 0 aromatic heterocycles. The van der Waals surface area contributed by atoms with Crippen LogP contribution in [-0.4, -0.2) is 35.0 Å². The first kappa shape index (κ1) is 14.3. The van der Waals surface area contributed by atoms with Gasteiger partial charge >= 0.3 is 0 Å². The molecule has 3 rings (SSSR count). The second kappa shape index (κ2) is 5.26.